The number of ether oxygens (including phenoxy) is 1. The number of hydrogen-bond acceptors (Lipinski definition) is 3. The first-order valence-electron chi connectivity index (χ1n) is 4.15. The van der Waals surface area contributed by atoms with Crippen LogP contribution in [0.4, 0.5) is 4.79 Å². The van der Waals surface area contributed by atoms with Crippen molar-refractivity contribution in [2.24, 2.45) is 0 Å². The molecular formula is C8H16N2O3. The summed E-state index contributed by atoms with van der Waals surface area (Å²) in [5, 5.41) is 13.4. The van der Waals surface area contributed by atoms with Crippen LogP contribution < -0.4 is 10.6 Å². The van der Waals surface area contributed by atoms with Gasteiger partial charge in [0.25, 0.3) is 0 Å². The quantitative estimate of drug-likeness (QED) is 0.507. The second-order valence-corrected chi connectivity index (χ2v) is 2.24. The summed E-state index contributed by atoms with van der Waals surface area (Å²) in [5.74, 6) is 0. The molecule has 0 aromatic rings. The monoisotopic (exact) mass is 188 g/mol. The van der Waals surface area contributed by atoms with E-state index in [1.54, 1.807) is 12.3 Å². The molecule has 0 saturated heterocycles. The largest absolute Gasteiger partial charge is 0.394 e. The van der Waals surface area contributed by atoms with Crippen molar-refractivity contribution in [1.29, 1.82) is 0 Å². The molecule has 0 aliphatic carbocycles. The molecule has 5 nitrogen and oxygen atoms in total. The second kappa shape index (κ2) is 9.02. The summed E-state index contributed by atoms with van der Waals surface area (Å²) in [4.78, 5) is 10.9. The maximum Gasteiger partial charge on any atom is 0.318 e. The molecule has 0 radical (unpaired) electrons. The van der Waals surface area contributed by atoms with Crippen LogP contribution in [0, 0.1) is 0 Å². The van der Waals surface area contributed by atoms with Crippen molar-refractivity contribution in [3.05, 3.63) is 12.3 Å². The molecule has 0 aromatic carbocycles. The Labute approximate surface area is 77.8 Å². The first kappa shape index (κ1) is 11.9. The van der Waals surface area contributed by atoms with E-state index in [0.717, 1.165) is 0 Å². The predicted octanol–water partition coefficient (Wildman–Crippen LogP) is -0.172. The van der Waals surface area contributed by atoms with Crippen LogP contribution in [-0.2, 0) is 4.74 Å². The molecule has 0 rings (SSSR count). The number of allylic oxidation sites excluding steroid dienone is 1. The Morgan fingerprint density at radius 2 is 2.31 bits per heavy atom. The highest BCUT2D eigenvalue weighted by Gasteiger charge is 1.94. The number of hydrogen-bond donors (Lipinski definition) is 3. The third-order valence-corrected chi connectivity index (χ3v) is 1.15. The van der Waals surface area contributed by atoms with Gasteiger partial charge >= 0.3 is 6.03 Å². The number of urea groups is 1. The summed E-state index contributed by atoms with van der Waals surface area (Å²) in [6.07, 6.45) is 3.27. The number of nitrogens with one attached hydrogen (secondary N) is 2. The molecule has 0 aromatic heterocycles. The van der Waals surface area contributed by atoms with Gasteiger partial charge in [-0.1, -0.05) is 6.08 Å². The van der Waals surface area contributed by atoms with E-state index in [-0.39, 0.29) is 12.6 Å². The molecule has 0 bridgehead atoms. The lowest BCUT2D eigenvalue weighted by atomic mass is 10.6. The van der Waals surface area contributed by atoms with Crippen molar-refractivity contribution in [3.8, 4) is 0 Å². The Kier molecular flexibility index (Phi) is 8.28. The van der Waals surface area contributed by atoms with E-state index in [9.17, 15) is 4.79 Å². The Hall–Kier alpha value is -1.07. The molecule has 0 spiro atoms. The second-order valence-electron chi connectivity index (χ2n) is 2.24. The lowest BCUT2D eigenvalue weighted by Crippen LogP contribution is -2.34. The third kappa shape index (κ3) is 8.84. The Bertz CT molecular complexity index is 159. The minimum absolute atomic E-state index is 0.00473. The highest BCUT2D eigenvalue weighted by molar-refractivity contribution is 5.74. The average molecular weight is 188 g/mol. The van der Waals surface area contributed by atoms with Gasteiger partial charge in [-0.25, -0.2) is 4.79 Å². The van der Waals surface area contributed by atoms with Crippen LogP contribution >= 0.6 is 0 Å². The van der Waals surface area contributed by atoms with Crippen LogP contribution in [0.3, 0.4) is 0 Å². The first-order chi connectivity index (χ1) is 6.31. The highest BCUT2D eigenvalue weighted by atomic mass is 16.5. The molecule has 0 aliphatic heterocycles. The van der Waals surface area contributed by atoms with E-state index in [0.29, 0.717) is 19.8 Å². The summed E-state index contributed by atoms with van der Waals surface area (Å²) in [7, 11) is 0. The van der Waals surface area contributed by atoms with Gasteiger partial charge in [0.2, 0.25) is 0 Å². The number of rotatable bonds is 6. The topological polar surface area (TPSA) is 70.6 Å². The molecule has 0 aliphatic rings. The minimum Gasteiger partial charge on any atom is -0.394 e. The average Bonchev–Trinajstić information content (AvgIpc) is 2.14. The summed E-state index contributed by atoms with van der Waals surface area (Å²) >= 11 is 0. The van der Waals surface area contributed by atoms with Crippen molar-refractivity contribution in [2.75, 3.05) is 26.4 Å². The number of carbonyl (C=O) groups excluding carboxylic acids is 1. The molecule has 0 heterocycles. The van der Waals surface area contributed by atoms with Gasteiger partial charge in [-0.3, -0.25) is 0 Å². The fraction of sp³-hybridized carbons (Fsp3) is 0.625. The van der Waals surface area contributed by atoms with Crippen LogP contribution in [0.1, 0.15) is 6.92 Å². The molecule has 2 amide bonds. The number of aliphatic hydroxyl groups is 1. The molecule has 13 heavy (non-hydrogen) atoms. The fourth-order valence-corrected chi connectivity index (χ4v) is 0.613. The standard InChI is InChI=1S/C8H16N2O3/c1-2-3-9-8(12)10-4-6-13-7-5-11/h2-3,11H,4-7H2,1H3,(H2,9,10,12)/b3-2+. The molecule has 0 unspecified atom stereocenters. The van der Waals surface area contributed by atoms with Crippen molar-refractivity contribution in [3.63, 3.8) is 0 Å². The lowest BCUT2D eigenvalue weighted by Gasteiger charge is -2.04. The Balaban J connectivity index is 3.17. The summed E-state index contributed by atoms with van der Waals surface area (Å²) in [6.45, 7) is 2.96. The van der Waals surface area contributed by atoms with E-state index in [1.165, 1.54) is 0 Å². The molecule has 0 saturated carbocycles. The SMILES string of the molecule is C/C=C/NC(=O)NCCOCCO. The Morgan fingerprint density at radius 3 is 2.92 bits per heavy atom. The molecule has 0 atom stereocenters. The van der Waals surface area contributed by atoms with E-state index in [4.69, 9.17) is 9.84 Å². The number of amides is 2. The summed E-state index contributed by atoms with van der Waals surface area (Å²) in [6, 6.07) is -0.259. The van der Waals surface area contributed by atoms with Crippen LogP contribution in [0.25, 0.3) is 0 Å². The van der Waals surface area contributed by atoms with Crippen LogP contribution in [-0.4, -0.2) is 37.5 Å². The van der Waals surface area contributed by atoms with E-state index in [1.807, 2.05) is 6.92 Å². The summed E-state index contributed by atoms with van der Waals surface area (Å²) < 4.78 is 4.93. The van der Waals surface area contributed by atoms with Gasteiger partial charge in [0.05, 0.1) is 19.8 Å². The van der Waals surface area contributed by atoms with Gasteiger partial charge in [-0.05, 0) is 6.92 Å². The zero-order valence-corrected chi connectivity index (χ0v) is 7.75. The molecule has 76 valence electrons. The van der Waals surface area contributed by atoms with E-state index in [2.05, 4.69) is 10.6 Å². The zero-order chi connectivity index (χ0) is 9.94. The van der Waals surface area contributed by atoms with Gasteiger partial charge in [0.1, 0.15) is 0 Å². The maximum absolute atomic E-state index is 10.9. The maximum atomic E-state index is 10.9. The van der Waals surface area contributed by atoms with Crippen molar-refractivity contribution in [2.45, 2.75) is 6.92 Å². The fourth-order valence-electron chi connectivity index (χ4n) is 0.613. The van der Waals surface area contributed by atoms with Crippen LogP contribution in [0.15, 0.2) is 12.3 Å². The zero-order valence-electron chi connectivity index (χ0n) is 7.75. The van der Waals surface area contributed by atoms with Crippen LogP contribution in [0.2, 0.25) is 0 Å². The predicted molar refractivity (Wildman–Crippen MR) is 49.3 cm³/mol. The Morgan fingerprint density at radius 1 is 1.54 bits per heavy atom. The summed E-state index contributed by atoms with van der Waals surface area (Å²) in [5.41, 5.74) is 0. The van der Waals surface area contributed by atoms with Gasteiger partial charge in [0, 0.05) is 12.7 Å². The van der Waals surface area contributed by atoms with Gasteiger partial charge < -0.3 is 20.5 Å². The van der Waals surface area contributed by atoms with Gasteiger partial charge in [-0.15, -0.1) is 0 Å². The molecular weight excluding hydrogens is 172 g/mol. The van der Waals surface area contributed by atoms with Crippen molar-refractivity contribution in [1.82, 2.24) is 10.6 Å². The van der Waals surface area contributed by atoms with E-state index < -0.39 is 0 Å². The van der Waals surface area contributed by atoms with Gasteiger partial charge in [0.15, 0.2) is 0 Å². The normalized spacial score (nSPS) is 10.3. The minimum atomic E-state index is -0.259. The van der Waals surface area contributed by atoms with Crippen molar-refractivity contribution >= 4 is 6.03 Å². The lowest BCUT2D eigenvalue weighted by molar-refractivity contribution is 0.0948. The smallest absolute Gasteiger partial charge is 0.318 e. The van der Waals surface area contributed by atoms with Crippen molar-refractivity contribution < 1.29 is 14.6 Å². The first-order valence-corrected chi connectivity index (χ1v) is 4.15. The number of carbonyl (C=O) groups is 1. The number of aliphatic hydroxyl groups excluding tert-OH is 1. The van der Waals surface area contributed by atoms with E-state index >= 15 is 0 Å². The third-order valence-electron chi connectivity index (χ3n) is 1.15. The molecule has 5 heteroatoms. The molecule has 3 N–H and O–H groups in total. The highest BCUT2D eigenvalue weighted by Crippen LogP contribution is 1.72. The molecule has 0 fully saturated rings. The van der Waals surface area contributed by atoms with Gasteiger partial charge in [-0.2, -0.15) is 0 Å². The van der Waals surface area contributed by atoms with Crippen LogP contribution in [0.5, 0.6) is 0 Å².